The molecule has 1 aliphatic carbocycles. The van der Waals surface area contributed by atoms with Crippen LogP contribution >= 0.6 is 11.8 Å². The highest BCUT2D eigenvalue weighted by molar-refractivity contribution is 7.99. The number of carbonyl (C=O) groups excluding carboxylic acids is 1. The number of nitrogens with one attached hydrogen (secondary N) is 2. The van der Waals surface area contributed by atoms with Crippen LogP contribution in [0.5, 0.6) is 0 Å². The summed E-state index contributed by atoms with van der Waals surface area (Å²) in [5.41, 5.74) is 3.99. The summed E-state index contributed by atoms with van der Waals surface area (Å²) in [6.45, 7) is 4.13. The number of anilines is 2. The summed E-state index contributed by atoms with van der Waals surface area (Å²) in [6.07, 6.45) is 2.14. The van der Waals surface area contributed by atoms with Gasteiger partial charge in [-0.3, -0.25) is 9.59 Å². The molecule has 0 saturated carbocycles. The molecule has 2 aromatic rings. The number of aromatic amines is 1. The van der Waals surface area contributed by atoms with Crippen molar-refractivity contribution in [2.24, 2.45) is 0 Å². The van der Waals surface area contributed by atoms with Gasteiger partial charge in [-0.25, -0.2) is 4.98 Å². The molecular weight excluding hydrogens is 384 g/mol. The van der Waals surface area contributed by atoms with Gasteiger partial charge in [-0.15, -0.1) is 0 Å². The predicted octanol–water partition coefficient (Wildman–Crippen LogP) is 3.90. The van der Waals surface area contributed by atoms with Crippen LogP contribution in [0.25, 0.3) is 0 Å². The van der Waals surface area contributed by atoms with E-state index in [1.807, 2.05) is 43.3 Å². The van der Waals surface area contributed by atoms with Gasteiger partial charge in [-0.05, 0) is 30.5 Å². The number of hydrogen-bond acceptors (Lipinski definition) is 6. The fourth-order valence-electron chi connectivity index (χ4n) is 4.02. The van der Waals surface area contributed by atoms with Crippen molar-refractivity contribution in [3.05, 3.63) is 57.0 Å². The van der Waals surface area contributed by atoms with E-state index in [1.54, 1.807) is 0 Å². The Hall–Kier alpha value is -2.54. The highest BCUT2D eigenvalue weighted by Gasteiger charge is 2.37. The van der Waals surface area contributed by atoms with Crippen LogP contribution < -0.4 is 15.8 Å². The first kappa shape index (κ1) is 19.8. The third kappa shape index (κ3) is 3.71. The molecule has 4 rings (SSSR count). The van der Waals surface area contributed by atoms with Crippen LogP contribution in [-0.2, 0) is 4.79 Å². The number of hydrogen-bond donors (Lipinski definition) is 2. The Labute approximate surface area is 174 Å². The Kier molecular flexibility index (Phi) is 5.25. The molecule has 0 spiro atoms. The van der Waals surface area contributed by atoms with E-state index in [2.05, 4.69) is 24.1 Å². The van der Waals surface area contributed by atoms with Gasteiger partial charge in [0.15, 0.2) is 10.9 Å². The molecule has 0 bridgehead atoms. The van der Waals surface area contributed by atoms with E-state index < -0.39 is 0 Å². The van der Waals surface area contributed by atoms with Crippen molar-refractivity contribution in [3.8, 4) is 0 Å². The van der Waals surface area contributed by atoms with Crippen molar-refractivity contribution in [2.75, 3.05) is 24.3 Å². The van der Waals surface area contributed by atoms with Crippen molar-refractivity contribution < 1.29 is 4.79 Å². The number of rotatable bonds is 4. The van der Waals surface area contributed by atoms with Crippen LogP contribution in [0, 0.1) is 0 Å². The summed E-state index contributed by atoms with van der Waals surface area (Å²) in [4.78, 5) is 35.6. The molecule has 1 aromatic carbocycles. The lowest BCUT2D eigenvalue weighted by Crippen LogP contribution is -2.32. The van der Waals surface area contributed by atoms with Crippen LogP contribution in [0.3, 0.4) is 0 Å². The van der Waals surface area contributed by atoms with Crippen molar-refractivity contribution in [1.82, 2.24) is 9.97 Å². The number of H-pyrrole nitrogens is 1. The van der Waals surface area contributed by atoms with Crippen molar-refractivity contribution >= 4 is 29.1 Å². The normalized spacial score (nSPS) is 18.4. The van der Waals surface area contributed by atoms with Crippen molar-refractivity contribution in [2.45, 2.75) is 49.4 Å². The van der Waals surface area contributed by atoms with Crippen molar-refractivity contribution in [1.29, 1.82) is 0 Å². The van der Waals surface area contributed by atoms with Crippen LogP contribution in [0.1, 0.15) is 50.2 Å². The van der Waals surface area contributed by atoms with Crippen LogP contribution in [0.4, 0.5) is 11.5 Å². The summed E-state index contributed by atoms with van der Waals surface area (Å²) < 4.78 is 0. The predicted molar refractivity (Wildman–Crippen MR) is 118 cm³/mol. The topological polar surface area (TPSA) is 78.1 Å². The second-order valence-electron chi connectivity index (χ2n) is 8.01. The van der Waals surface area contributed by atoms with E-state index in [4.69, 9.17) is 4.98 Å². The highest BCUT2D eigenvalue weighted by Crippen LogP contribution is 2.43. The van der Waals surface area contributed by atoms with Gasteiger partial charge >= 0.3 is 0 Å². The van der Waals surface area contributed by atoms with E-state index in [0.29, 0.717) is 28.2 Å². The lowest BCUT2D eigenvalue weighted by Gasteiger charge is -2.33. The maximum Gasteiger partial charge on any atom is 0.257 e. The van der Waals surface area contributed by atoms with Crippen LogP contribution in [0.15, 0.2) is 45.5 Å². The first-order valence-electron chi connectivity index (χ1n) is 9.96. The van der Waals surface area contributed by atoms with E-state index in [-0.39, 0.29) is 17.3 Å². The summed E-state index contributed by atoms with van der Waals surface area (Å²) in [5, 5.41) is 4.23. The Morgan fingerprint density at radius 3 is 2.52 bits per heavy atom. The lowest BCUT2D eigenvalue weighted by molar-refractivity contribution is -0.116. The second kappa shape index (κ2) is 7.71. The van der Waals surface area contributed by atoms with Crippen molar-refractivity contribution in [3.63, 3.8) is 0 Å². The average molecular weight is 411 g/mol. The molecule has 2 aliphatic rings. The number of allylic oxidation sites excluding steroid dienone is 2. The van der Waals surface area contributed by atoms with Gasteiger partial charge in [0.05, 0.1) is 5.56 Å². The number of ketones is 1. The second-order valence-corrected chi connectivity index (χ2v) is 9.58. The number of nitrogens with zero attached hydrogens (tertiary/aromatic N) is 2. The summed E-state index contributed by atoms with van der Waals surface area (Å²) in [6, 6.07) is 8.07. The zero-order valence-electron chi connectivity index (χ0n) is 17.2. The Morgan fingerprint density at radius 1 is 1.14 bits per heavy atom. The maximum atomic E-state index is 13.1. The number of carbonyl (C=O) groups is 1. The Balaban J connectivity index is 1.88. The molecule has 7 heteroatoms. The molecule has 1 unspecified atom stereocenters. The fourth-order valence-corrected chi connectivity index (χ4v) is 4.76. The van der Waals surface area contributed by atoms with Gasteiger partial charge in [0.2, 0.25) is 0 Å². The van der Waals surface area contributed by atoms with Gasteiger partial charge in [0.1, 0.15) is 5.82 Å². The summed E-state index contributed by atoms with van der Waals surface area (Å²) >= 11 is 1.52. The van der Waals surface area contributed by atoms with Gasteiger partial charge in [0, 0.05) is 48.6 Å². The molecule has 1 atom stereocenters. The standard InChI is InChI=1S/C22H26N4O2S/c1-12(2)29-22-24-20-19(21(28)25-22)17(13-8-10-14(11-9-13)26(3)4)18-15(23-20)6-5-7-16(18)27/h8-12,17H,5-7H2,1-4H3,(H2,23,24,25,28). The van der Waals surface area contributed by atoms with Gasteiger partial charge in [0.25, 0.3) is 5.56 Å². The third-order valence-electron chi connectivity index (χ3n) is 5.33. The van der Waals surface area contributed by atoms with E-state index in [9.17, 15) is 9.59 Å². The minimum absolute atomic E-state index is 0.117. The smallest absolute Gasteiger partial charge is 0.257 e. The first-order chi connectivity index (χ1) is 13.8. The molecule has 0 fully saturated rings. The minimum Gasteiger partial charge on any atom is -0.378 e. The molecule has 0 amide bonds. The van der Waals surface area contributed by atoms with Gasteiger partial charge in [-0.2, -0.15) is 0 Å². The molecule has 2 heterocycles. The fraction of sp³-hybridized carbons (Fsp3) is 0.409. The number of thioether (sulfide) groups is 1. The summed E-state index contributed by atoms with van der Waals surface area (Å²) in [7, 11) is 3.98. The van der Waals surface area contributed by atoms with E-state index >= 15 is 0 Å². The maximum absolute atomic E-state index is 13.1. The monoisotopic (exact) mass is 410 g/mol. The van der Waals surface area contributed by atoms with E-state index in [0.717, 1.165) is 35.4 Å². The molecule has 0 radical (unpaired) electrons. The average Bonchev–Trinajstić information content (AvgIpc) is 2.66. The molecule has 1 aromatic heterocycles. The first-order valence-corrected chi connectivity index (χ1v) is 10.8. The van der Waals surface area contributed by atoms with Crippen LogP contribution in [-0.4, -0.2) is 35.1 Å². The third-order valence-corrected chi connectivity index (χ3v) is 6.21. The number of benzene rings is 1. The molecular formula is C22H26N4O2S. The zero-order valence-corrected chi connectivity index (χ0v) is 18.0. The Bertz CT molecular complexity index is 1040. The van der Waals surface area contributed by atoms with Gasteiger partial charge < -0.3 is 15.2 Å². The largest absolute Gasteiger partial charge is 0.378 e. The number of fused-ring (bicyclic) bond motifs is 1. The number of Topliss-reactive ketones (excluding diaryl/α,β-unsaturated/α-hetero) is 1. The molecule has 1 aliphatic heterocycles. The van der Waals surface area contributed by atoms with Gasteiger partial charge in [-0.1, -0.05) is 37.7 Å². The van der Waals surface area contributed by atoms with E-state index in [1.165, 1.54) is 11.8 Å². The quantitative estimate of drug-likeness (QED) is 0.588. The number of aromatic nitrogens is 2. The molecule has 29 heavy (non-hydrogen) atoms. The molecule has 0 saturated heterocycles. The Morgan fingerprint density at radius 2 is 1.86 bits per heavy atom. The zero-order chi connectivity index (χ0) is 20.7. The highest BCUT2D eigenvalue weighted by atomic mass is 32.2. The molecule has 152 valence electrons. The molecule has 2 N–H and O–H groups in total. The summed E-state index contributed by atoms with van der Waals surface area (Å²) in [5.74, 6) is 0.303. The lowest BCUT2D eigenvalue weighted by atomic mass is 9.76. The molecule has 6 nitrogen and oxygen atoms in total. The SMILES string of the molecule is CC(C)Sc1nc2c(c(=O)[nH]1)C(c1ccc(N(C)C)cc1)C1=C(CCCC1=O)N2. The van der Waals surface area contributed by atoms with Crippen LogP contribution in [0.2, 0.25) is 0 Å². The minimum atomic E-state index is -0.389.